The SMILES string of the molecule is CN(CCC(O)(CN)c1ccccc1)CC1CCCCO1. The highest BCUT2D eigenvalue weighted by Crippen LogP contribution is 2.24. The summed E-state index contributed by atoms with van der Waals surface area (Å²) in [7, 11) is 2.08. The molecule has 1 aromatic rings. The van der Waals surface area contributed by atoms with Crippen molar-refractivity contribution in [1.29, 1.82) is 0 Å². The van der Waals surface area contributed by atoms with Crippen molar-refractivity contribution < 1.29 is 9.84 Å². The molecule has 0 aromatic heterocycles. The molecule has 2 rings (SSSR count). The van der Waals surface area contributed by atoms with Crippen LogP contribution in [0.5, 0.6) is 0 Å². The van der Waals surface area contributed by atoms with Crippen LogP contribution >= 0.6 is 0 Å². The van der Waals surface area contributed by atoms with Crippen molar-refractivity contribution in [2.45, 2.75) is 37.4 Å². The summed E-state index contributed by atoms with van der Waals surface area (Å²) in [5.41, 5.74) is 5.77. The molecule has 4 nitrogen and oxygen atoms in total. The number of likely N-dealkylation sites (N-methyl/N-ethyl adjacent to an activating group) is 1. The van der Waals surface area contributed by atoms with E-state index in [1.165, 1.54) is 12.8 Å². The second kappa shape index (κ2) is 7.90. The zero-order chi connectivity index (χ0) is 15.1. The normalized spacial score (nSPS) is 22.2. The molecule has 1 heterocycles. The third kappa shape index (κ3) is 4.78. The molecule has 118 valence electrons. The molecule has 0 bridgehead atoms. The standard InChI is InChI=1S/C17H28N2O2/c1-19(13-16-9-5-6-12-21-16)11-10-17(20,14-18)15-7-3-2-4-8-15/h2-4,7-8,16,20H,5-6,9-14,18H2,1H3. The van der Waals surface area contributed by atoms with Gasteiger partial charge in [-0.3, -0.25) is 0 Å². The Hall–Kier alpha value is -0.940. The van der Waals surface area contributed by atoms with E-state index in [0.717, 1.165) is 31.7 Å². The van der Waals surface area contributed by atoms with Gasteiger partial charge in [-0.2, -0.15) is 0 Å². The van der Waals surface area contributed by atoms with Crippen LogP contribution < -0.4 is 5.73 Å². The van der Waals surface area contributed by atoms with E-state index in [1.807, 2.05) is 30.3 Å². The van der Waals surface area contributed by atoms with Crippen LogP contribution in [0.1, 0.15) is 31.2 Å². The Morgan fingerprint density at radius 2 is 2.10 bits per heavy atom. The zero-order valence-corrected chi connectivity index (χ0v) is 13.0. The Bertz CT molecular complexity index is 407. The molecule has 1 aliphatic rings. The molecule has 0 aliphatic carbocycles. The molecule has 2 unspecified atom stereocenters. The van der Waals surface area contributed by atoms with E-state index in [-0.39, 0.29) is 6.54 Å². The molecular weight excluding hydrogens is 264 g/mol. The molecule has 0 radical (unpaired) electrons. The fraction of sp³-hybridized carbons (Fsp3) is 0.647. The van der Waals surface area contributed by atoms with Crippen LogP contribution in [0.25, 0.3) is 0 Å². The predicted octanol–water partition coefficient (Wildman–Crippen LogP) is 1.72. The lowest BCUT2D eigenvalue weighted by atomic mass is 9.90. The Morgan fingerprint density at radius 1 is 1.33 bits per heavy atom. The second-order valence-corrected chi connectivity index (χ2v) is 6.10. The third-order valence-corrected chi connectivity index (χ3v) is 4.35. The summed E-state index contributed by atoms with van der Waals surface area (Å²) in [6.45, 7) is 2.86. The fourth-order valence-corrected chi connectivity index (χ4v) is 2.88. The summed E-state index contributed by atoms with van der Waals surface area (Å²) < 4.78 is 5.76. The lowest BCUT2D eigenvalue weighted by Crippen LogP contribution is -2.40. The van der Waals surface area contributed by atoms with Crippen molar-refractivity contribution in [3.63, 3.8) is 0 Å². The number of hydrogen-bond donors (Lipinski definition) is 2. The van der Waals surface area contributed by atoms with Gasteiger partial charge in [0.15, 0.2) is 0 Å². The van der Waals surface area contributed by atoms with Gasteiger partial charge in [0.2, 0.25) is 0 Å². The number of benzene rings is 1. The van der Waals surface area contributed by atoms with Gasteiger partial charge in [-0.15, -0.1) is 0 Å². The third-order valence-electron chi connectivity index (χ3n) is 4.35. The molecule has 21 heavy (non-hydrogen) atoms. The van der Waals surface area contributed by atoms with Crippen LogP contribution in [0, 0.1) is 0 Å². The van der Waals surface area contributed by atoms with E-state index in [0.29, 0.717) is 12.5 Å². The highest BCUT2D eigenvalue weighted by molar-refractivity contribution is 5.22. The van der Waals surface area contributed by atoms with Gasteiger partial charge in [0, 0.05) is 26.2 Å². The number of ether oxygens (including phenoxy) is 1. The maximum absolute atomic E-state index is 10.8. The second-order valence-electron chi connectivity index (χ2n) is 6.10. The van der Waals surface area contributed by atoms with E-state index in [2.05, 4.69) is 11.9 Å². The van der Waals surface area contributed by atoms with Crippen LogP contribution in [-0.2, 0) is 10.3 Å². The highest BCUT2D eigenvalue weighted by Gasteiger charge is 2.28. The molecule has 4 heteroatoms. The topological polar surface area (TPSA) is 58.7 Å². The number of rotatable bonds is 7. The Labute approximate surface area is 127 Å². The first-order chi connectivity index (χ1) is 10.1. The minimum atomic E-state index is -0.942. The van der Waals surface area contributed by atoms with Crippen LogP contribution in [0.4, 0.5) is 0 Å². The van der Waals surface area contributed by atoms with Crippen molar-refractivity contribution in [3.05, 3.63) is 35.9 Å². The van der Waals surface area contributed by atoms with Crippen molar-refractivity contribution >= 4 is 0 Å². The first-order valence-electron chi connectivity index (χ1n) is 7.92. The van der Waals surface area contributed by atoms with Crippen molar-refractivity contribution in [2.75, 3.05) is 33.3 Å². The summed E-state index contributed by atoms with van der Waals surface area (Å²) in [4.78, 5) is 2.24. The first-order valence-corrected chi connectivity index (χ1v) is 7.92. The summed E-state index contributed by atoms with van der Waals surface area (Å²) >= 11 is 0. The summed E-state index contributed by atoms with van der Waals surface area (Å²) in [5.74, 6) is 0. The van der Waals surface area contributed by atoms with E-state index >= 15 is 0 Å². The first kappa shape index (κ1) is 16.4. The lowest BCUT2D eigenvalue weighted by molar-refractivity contribution is -0.0109. The minimum Gasteiger partial charge on any atom is -0.384 e. The quantitative estimate of drug-likeness (QED) is 0.803. The predicted molar refractivity (Wildman–Crippen MR) is 85.1 cm³/mol. The fourth-order valence-electron chi connectivity index (χ4n) is 2.88. The summed E-state index contributed by atoms with van der Waals surface area (Å²) in [6, 6.07) is 9.71. The van der Waals surface area contributed by atoms with Gasteiger partial charge in [-0.25, -0.2) is 0 Å². The van der Waals surface area contributed by atoms with Crippen molar-refractivity contribution in [2.24, 2.45) is 5.73 Å². The lowest BCUT2D eigenvalue weighted by Gasteiger charge is -2.31. The maximum atomic E-state index is 10.8. The van der Waals surface area contributed by atoms with Crippen LogP contribution in [0.2, 0.25) is 0 Å². The van der Waals surface area contributed by atoms with E-state index in [9.17, 15) is 5.11 Å². The molecule has 1 saturated heterocycles. The minimum absolute atomic E-state index is 0.241. The molecule has 0 saturated carbocycles. The Kier molecular flexibility index (Phi) is 6.18. The van der Waals surface area contributed by atoms with E-state index < -0.39 is 5.60 Å². The molecule has 0 spiro atoms. The molecule has 1 aliphatic heterocycles. The van der Waals surface area contributed by atoms with Crippen LogP contribution in [0.15, 0.2) is 30.3 Å². The van der Waals surface area contributed by atoms with Gasteiger partial charge < -0.3 is 20.5 Å². The highest BCUT2D eigenvalue weighted by atomic mass is 16.5. The average molecular weight is 292 g/mol. The smallest absolute Gasteiger partial charge is 0.103 e. The number of nitrogens with two attached hydrogens (primary N) is 1. The average Bonchev–Trinajstić information content (AvgIpc) is 2.54. The van der Waals surface area contributed by atoms with Crippen LogP contribution in [0.3, 0.4) is 0 Å². The summed E-state index contributed by atoms with van der Waals surface area (Å²) in [5, 5.41) is 10.8. The maximum Gasteiger partial charge on any atom is 0.103 e. The Balaban J connectivity index is 1.84. The number of nitrogens with zero attached hydrogens (tertiary/aromatic N) is 1. The summed E-state index contributed by atoms with van der Waals surface area (Å²) in [6.07, 6.45) is 4.56. The van der Waals surface area contributed by atoms with E-state index in [4.69, 9.17) is 10.5 Å². The zero-order valence-electron chi connectivity index (χ0n) is 13.0. The molecule has 0 amide bonds. The monoisotopic (exact) mass is 292 g/mol. The molecular formula is C17H28N2O2. The number of hydrogen-bond acceptors (Lipinski definition) is 4. The van der Waals surface area contributed by atoms with Gasteiger partial charge in [0.05, 0.1) is 6.10 Å². The largest absolute Gasteiger partial charge is 0.384 e. The van der Waals surface area contributed by atoms with Crippen molar-refractivity contribution in [3.8, 4) is 0 Å². The molecule has 1 fully saturated rings. The van der Waals surface area contributed by atoms with Gasteiger partial charge in [0.25, 0.3) is 0 Å². The van der Waals surface area contributed by atoms with Crippen LogP contribution in [-0.4, -0.2) is 49.4 Å². The van der Waals surface area contributed by atoms with Gasteiger partial charge in [-0.05, 0) is 38.3 Å². The van der Waals surface area contributed by atoms with Crippen molar-refractivity contribution in [1.82, 2.24) is 4.90 Å². The van der Waals surface area contributed by atoms with Gasteiger partial charge in [-0.1, -0.05) is 30.3 Å². The van der Waals surface area contributed by atoms with E-state index in [1.54, 1.807) is 0 Å². The molecule has 3 N–H and O–H groups in total. The van der Waals surface area contributed by atoms with Gasteiger partial charge >= 0.3 is 0 Å². The Morgan fingerprint density at radius 3 is 2.71 bits per heavy atom. The van der Waals surface area contributed by atoms with Gasteiger partial charge in [0.1, 0.15) is 5.60 Å². The number of aliphatic hydroxyl groups is 1. The molecule has 1 aromatic carbocycles. The molecule has 2 atom stereocenters.